The fraction of sp³-hybridized carbons (Fsp3) is 0.765. The van der Waals surface area contributed by atoms with Gasteiger partial charge in [0.25, 0.3) is 0 Å². The van der Waals surface area contributed by atoms with E-state index in [-0.39, 0.29) is 0 Å². The van der Waals surface area contributed by atoms with E-state index < -0.39 is 0 Å². The van der Waals surface area contributed by atoms with E-state index in [4.69, 9.17) is 10.2 Å². The van der Waals surface area contributed by atoms with Crippen molar-refractivity contribution in [1.29, 1.82) is 0 Å². The molecule has 23 heavy (non-hydrogen) atoms. The minimum Gasteiger partial charge on any atom is -0.444 e. The molecule has 1 aromatic heterocycles. The van der Waals surface area contributed by atoms with Gasteiger partial charge >= 0.3 is 0 Å². The van der Waals surface area contributed by atoms with Gasteiger partial charge in [-0.2, -0.15) is 0 Å². The van der Waals surface area contributed by atoms with E-state index in [0.717, 1.165) is 50.1 Å². The summed E-state index contributed by atoms with van der Waals surface area (Å²) in [6.45, 7) is 12.9. The van der Waals surface area contributed by atoms with Crippen molar-refractivity contribution in [2.24, 2.45) is 22.6 Å². The Morgan fingerprint density at radius 2 is 2.09 bits per heavy atom. The molecule has 1 aliphatic rings. The van der Waals surface area contributed by atoms with E-state index in [1.165, 1.54) is 12.8 Å². The van der Waals surface area contributed by atoms with Crippen LogP contribution >= 0.6 is 0 Å². The zero-order chi connectivity index (χ0) is 16.8. The molecule has 3 N–H and O–H groups in total. The van der Waals surface area contributed by atoms with Crippen molar-refractivity contribution in [3.8, 4) is 0 Å². The first-order valence-electron chi connectivity index (χ1n) is 8.63. The van der Waals surface area contributed by atoms with Crippen LogP contribution in [0.5, 0.6) is 0 Å². The molecule has 6 heteroatoms. The Morgan fingerprint density at radius 1 is 1.39 bits per heavy atom. The third kappa shape index (κ3) is 5.86. The molecule has 0 aliphatic carbocycles. The lowest BCUT2D eigenvalue weighted by atomic mass is 9.97. The smallest absolute Gasteiger partial charge is 0.208 e. The Kier molecular flexibility index (Phi) is 6.45. The predicted molar refractivity (Wildman–Crippen MR) is 93.3 cm³/mol. The summed E-state index contributed by atoms with van der Waals surface area (Å²) in [5.74, 6) is 3.54. The SMILES string of the molecule is Cc1nc(CN2CCC(CNC(N)=NCC(C)C)CC2)oc1C. The molecule has 1 aromatic rings. The molecule has 2 heterocycles. The molecule has 1 saturated heterocycles. The summed E-state index contributed by atoms with van der Waals surface area (Å²) in [6.07, 6.45) is 2.34. The number of aliphatic imine (C=N–C) groups is 1. The number of piperidine rings is 1. The second kappa shape index (κ2) is 8.34. The van der Waals surface area contributed by atoms with Crippen molar-refractivity contribution in [2.45, 2.75) is 47.1 Å². The first-order valence-corrected chi connectivity index (χ1v) is 8.63. The van der Waals surface area contributed by atoms with Gasteiger partial charge in [-0.05, 0) is 51.6 Å². The Labute approximate surface area is 139 Å². The van der Waals surface area contributed by atoms with Crippen LogP contribution in [0.25, 0.3) is 0 Å². The minimum atomic E-state index is 0.543. The summed E-state index contributed by atoms with van der Waals surface area (Å²) >= 11 is 0. The summed E-state index contributed by atoms with van der Waals surface area (Å²) in [7, 11) is 0. The van der Waals surface area contributed by atoms with Gasteiger partial charge in [0.05, 0.1) is 12.2 Å². The van der Waals surface area contributed by atoms with Crippen molar-refractivity contribution in [1.82, 2.24) is 15.2 Å². The van der Waals surface area contributed by atoms with Crippen molar-refractivity contribution < 1.29 is 4.42 Å². The molecule has 1 fully saturated rings. The number of hydrogen-bond acceptors (Lipinski definition) is 4. The Morgan fingerprint density at radius 3 is 2.65 bits per heavy atom. The van der Waals surface area contributed by atoms with E-state index in [0.29, 0.717) is 17.8 Å². The number of rotatable bonds is 6. The molecule has 0 saturated carbocycles. The molecule has 130 valence electrons. The van der Waals surface area contributed by atoms with Crippen LogP contribution in [0.3, 0.4) is 0 Å². The summed E-state index contributed by atoms with van der Waals surface area (Å²) < 4.78 is 5.67. The highest BCUT2D eigenvalue weighted by atomic mass is 16.4. The van der Waals surface area contributed by atoms with Crippen LogP contribution in [0.4, 0.5) is 0 Å². The molecule has 0 amide bonds. The molecular weight excluding hydrogens is 290 g/mol. The summed E-state index contributed by atoms with van der Waals surface area (Å²) in [4.78, 5) is 11.2. The lowest BCUT2D eigenvalue weighted by molar-refractivity contribution is 0.164. The number of oxazole rings is 1. The maximum absolute atomic E-state index is 5.89. The first kappa shape index (κ1) is 17.8. The fourth-order valence-corrected chi connectivity index (χ4v) is 2.73. The molecule has 6 nitrogen and oxygen atoms in total. The first-order chi connectivity index (χ1) is 10.9. The van der Waals surface area contributed by atoms with Gasteiger partial charge in [-0.25, -0.2) is 4.98 Å². The molecule has 0 bridgehead atoms. The zero-order valence-electron chi connectivity index (χ0n) is 14.9. The number of nitrogens with two attached hydrogens (primary N) is 1. The number of nitrogens with zero attached hydrogens (tertiary/aromatic N) is 3. The number of hydrogen-bond donors (Lipinski definition) is 2. The Bertz CT molecular complexity index is 496. The van der Waals surface area contributed by atoms with Crippen LogP contribution in [0.15, 0.2) is 9.41 Å². The Balaban J connectivity index is 1.68. The highest BCUT2D eigenvalue weighted by Crippen LogP contribution is 2.19. The number of nitrogens with one attached hydrogen (secondary N) is 1. The second-order valence-electron chi connectivity index (χ2n) is 6.97. The van der Waals surface area contributed by atoms with E-state index in [9.17, 15) is 0 Å². The Hall–Kier alpha value is -1.56. The van der Waals surface area contributed by atoms with Crippen LogP contribution in [-0.2, 0) is 6.54 Å². The fourth-order valence-electron chi connectivity index (χ4n) is 2.73. The van der Waals surface area contributed by atoms with Gasteiger partial charge in [0.1, 0.15) is 5.76 Å². The average Bonchev–Trinajstić information content (AvgIpc) is 2.82. The van der Waals surface area contributed by atoms with Crippen molar-refractivity contribution in [3.05, 3.63) is 17.3 Å². The predicted octanol–water partition coefficient (Wildman–Crippen LogP) is 2.06. The van der Waals surface area contributed by atoms with Gasteiger partial charge in [-0.1, -0.05) is 13.8 Å². The third-order valence-electron chi connectivity index (χ3n) is 4.34. The van der Waals surface area contributed by atoms with Crippen molar-refractivity contribution in [2.75, 3.05) is 26.2 Å². The van der Waals surface area contributed by atoms with Crippen LogP contribution in [0, 0.1) is 25.7 Å². The highest BCUT2D eigenvalue weighted by Gasteiger charge is 2.20. The zero-order valence-corrected chi connectivity index (χ0v) is 14.9. The van der Waals surface area contributed by atoms with Gasteiger partial charge in [0.15, 0.2) is 5.96 Å². The van der Waals surface area contributed by atoms with E-state index in [1.807, 2.05) is 13.8 Å². The lowest BCUT2D eigenvalue weighted by Gasteiger charge is -2.31. The molecule has 0 radical (unpaired) electrons. The summed E-state index contributed by atoms with van der Waals surface area (Å²) in [5, 5.41) is 3.26. The normalized spacial score (nSPS) is 17.9. The van der Waals surface area contributed by atoms with Crippen molar-refractivity contribution >= 4 is 5.96 Å². The van der Waals surface area contributed by atoms with Gasteiger partial charge < -0.3 is 15.5 Å². The topological polar surface area (TPSA) is 79.7 Å². The van der Waals surface area contributed by atoms with Gasteiger partial charge in [0, 0.05) is 13.1 Å². The van der Waals surface area contributed by atoms with Crippen LogP contribution in [0.2, 0.25) is 0 Å². The third-order valence-corrected chi connectivity index (χ3v) is 4.34. The number of aryl methyl sites for hydroxylation is 2. The van der Waals surface area contributed by atoms with Gasteiger partial charge in [-0.15, -0.1) is 0 Å². The van der Waals surface area contributed by atoms with Gasteiger partial charge in [-0.3, -0.25) is 9.89 Å². The molecule has 0 aromatic carbocycles. The molecule has 1 aliphatic heterocycles. The van der Waals surface area contributed by atoms with Crippen LogP contribution in [0.1, 0.15) is 44.0 Å². The average molecular weight is 321 g/mol. The molecule has 2 rings (SSSR count). The standard InChI is InChI=1S/C17H31N5O/c1-12(2)9-19-17(18)20-10-15-5-7-22(8-6-15)11-16-21-13(3)14(4)23-16/h12,15H,5-11H2,1-4H3,(H3,18,19,20). The van der Waals surface area contributed by atoms with Gasteiger partial charge in [0.2, 0.25) is 5.89 Å². The summed E-state index contributed by atoms with van der Waals surface area (Å²) in [6, 6.07) is 0. The summed E-state index contributed by atoms with van der Waals surface area (Å²) in [5.41, 5.74) is 6.89. The van der Waals surface area contributed by atoms with E-state index in [2.05, 4.69) is 34.0 Å². The second-order valence-corrected chi connectivity index (χ2v) is 6.97. The molecule has 0 spiro atoms. The number of likely N-dealkylation sites (tertiary alicyclic amines) is 1. The number of aromatic nitrogens is 1. The quantitative estimate of drug-likeness (QED) is 0.619. The molecular formula is C17H31N5O. The van der Waals surface area contributed by atoms with E-state index in [1.54, 1.807) is 0 Å². The minimum absolute atomic E-state index is 0.543. The highest BCUT2D eigenvalue weighted by molar-refractivity contribution is 5.77. The van der Waals surface area contributed by atoms with Crippen LogP contribution in [-0.4, -0.2) is 42.0 Å². The van der Waals surface area contributed by atoms with Crippen molar-refractivity contribution in [3.63, 3.8) is 0 Å². The molecule has 0 atom stereocenters. The maximum Gasteiger partial charge on any atom is 0.208 e. The van der Waals surface area contributed by atoms with Crippen LogP contribution < -0.4 is 11.1 Å². The monoisotopic (exact) mass is 321 g/mol. The number of guanidine groups is 1. The lowest BCUT2D eigenvalue weighted by Crippen LogP contribution is -2.40. The molecule has 0 unspecified atom stereocenters. The van der Waals surface area contributed by atoms with E-state index >= 15 is 0 Å². The maximum atomic E-state index is 5.89. The largest absolute Gasteiger partial charge is 0.444 e.